The number of para-hydroxylation sites is 1. The molecular formula is C15H13IN2O3. The zero-order chi connectivity index (χ0) is 15.2. The highest BCUT2D eigenvalue weighted by Crippen LogP contribution is 2.16. The molecule has 0 aliphatic rings. The van der Waals surface area contributed by atoms with E-state index in [9.17, 15) is 9.59 Å². The van der Waals surface area contributed by atoms with Gasteiger partial charge in [-0.25, -0.2) is 4.79 Å². The topological polar surface area (TPSA) is 81.4 Å². The smallest absolute Gasteiger partial charge is 0.340 e. The Morgan fingerprint density at radius 3 is 2.57 bits per heavy atom. The van der Waals surface area contributed by atoms with Crippen LogP contribution >= 0.6 is 22.6 Å². The van der Waals surface area contributed by atoms with Gasteiger partial charge >= 0.3 is 5.97 Å². The van der Waals surface area contributed by atoms with Crippen molar-refractivity contribution in [3.8, 4) is 0 Å². The molecule has 0 unspecified atom stereocenters. The van der Waals surface area contributed by atoms with Crippen molar-refractivity contribution in [1.82, 2.24) is 0 Å². The Bertz CT molecular complexity index is 659. The van der Waals surface area contributed by atoms with Gasteiger partial charge in [0.05, 0.1) is 5.56 Å². The fraction of sp³-hybridized carbons (Fsp3) is 0.0667. The van der Waals surface area contributed by atoms with Crippen LogP contribution in [0.25, 0.3) is 0 Å². The lowest BCUT2D eigenvalue weighted by Crippen LogP contribution is -2.21. The van der Waals surface area contributed by atoms with Gasteiger partial charge in [-0.3, -0.25) is 4.79 Å². The monoisotopic (exact) mass is 396 g/mol. The number of nitrogens with one attached hydrogen (secondary N) is 1. The van der Waals surface area contributed by atoms with E-state index in [1.165, 1.54) is 0 Å². The Labute approximate surface area is 135 Å². The van der Waals surface area contributed by atoms with Gasteiger partial charge in [-0.15, -0.1) is 0 Å². The average Bonchev–Trinajstić information content (AvgIpc) is 2.48. The van der Waals surface area contributed by atoms with E-state index in [1.54, 1.807) is 42.5 Å². The molecule has 0 heterocycles. The number of anilines is 2. The third kappa shape index (κ3) is 4.45. The Balaban J connectivity index is 1.92. The molecule has 0 saturated heterocycles. The fourth-order valence-corrected chi connectivity index (χ4v) is 2.12. The van der Waals surface area contributed by atoms with Crippen molar-refractivity contribution in [2.45, 2.75) is 0 Å². The number of nitrogens with two attached hydrogens (primary N) is 1. The van der Waals surface area contributed by atoms with Gasteiger partial charge in [0, 0.05) is 14.9 Å². The minimum atomic E-state index is -0.616. The van der Waals surface area contributed by atoms with Crippen molar-refractivity contribution in [3.63, 3.8) is 0 Å². The molecule has 0 atom stereocenters. The maximum absolute atomic E-state index is 11.9. The van der Waals surface area contributed by atoms with Gasteiger partial charge in [0.15, 0.2) is 6.61 Å². The van der Waals surface area contributed by atoms with Gasteiger partial charge in [-0.05, 0) is 52.9 Å². The van der Waals surface area contributed by atoms with Crippen molar-refractivity contribution in [2.24, 2.45) is 0 Å². The van der Waals surface area contributed by atoms with Gasteiger partial charge in [0.1, 0.15) is 0 Å². The summed E-state index contributed by atoms with van der Waals surface area (Å²) in [5.41, 5.74) is 6.94. The number of nitrogen functional groups attached to an aromatic ring is 1. The third-order valence-corrected chi connectivity index (χ3v) is 3.30. The normalized spacial score (nSPS) is 9.95. The van der Waals surface area contributed by atoms with Crippen LogP contribution in [0, 0.1) is 3.57 Å². The van der Waals surface area contributed by atoms with E-state index < -0.39 is 11.9 Å². The Kier molecular flexibility index (Phi) is 5.15. The lowest BCUT2D eigenvalue weighted by Gasteiger charge is -2.08. The molecule has 0 bridgehead atoms. The Morgan fingerprint density at radius 1 is 1.14 bits per heavy atom. The number of esters is 1. The van der Waals surface area contributed by atoms with E-state index >= 15 is 0 Å². The van der Waals surface area contributed by atoms with Crippen LogP contribution in [0.15, 0.2) is 48.5 Å². The predicted molar refractivity (Wildman–Crippen MR) is 88.9 cm³/mol. The molecule has 2 aromatic carbocycles. The highest BCUT2D eigenvalue weighted by Gasteiger charge is 2.13. The third-order valence-electron chi connectivity index (χ3n) is 2.63. The van der Waals surface area contributed by atoms with E-state index in [-0.39, 0.29) is 12.2 Å². The molecule has 1 amide bonds. The first-order chi connectivity index (χ1) is 10.1. The number of halogens is 1. The zero-order valence-electron chi connectivity index (χ0n) is 11.0. The second-order valence-corrected chi connectivity index (χ2v) is 5.47. The molecule has 0 spiro atoms. The largest absolute Gasteiger partial charge is 0.452 e. The molecule has 0 aliphatic heterocycles. The van der Waals surface area contributed by atoms with Crippen molar-refractivity contribution >= 4 is 45.8 Å². The summed E-state index contributed by atoms with van der Waals surface area (Å²) in [6, 6.07) is 14.0. The van der Waals surface area contributed by atoms with Crippen LogP contribution in [-0.4, -0.2) is 18.5 Å². The summed E-state index contributed by atoms with van der Waals surface area (Å²) in [7, 11) is 0. The van der Waals surface area contributed by atoms with E-state index in [2.05, 4.69) is 27.9 Å². The summed E-state index contributed by atoms with van der Waals surface area (Å²) in [5.74, 6) is -1.02. The number of rotatable bonds is 4. The summed E-state index contributed by atoms with van der Waals surface area (Å²) in [4.78, 5) is 23.6. The number of hydrogen-bond acceptors (Lipinski definition) is 4. The number of hydrogen-bond donors (Lipinski definition) is 2. The summed E-state index contributed by atoms with van der Waals surface area (Å²) in [6.07, 6.45) is 0. The molecule has 0 aliphatic carbocycles. The fourth-order valence-electron chi connectivity index (χ4n) is 1.63. The first-order valence-corrected chi connectivity index (χ1v) is 7.21. The molecule has 21 heavy (non-hydrogen) atoms. The number of amides is 1. The van der Waals surface area contributed by atoms with Crippen molar-refractivity contribution < 1.29 is 14.3 Å². The standard InChI is InChI=1S/C15H13IN2O3/c16-10-6-7-13(17)12(8-10)15(20)21-9-14(19)18-11-4-2-1-3-5-11/h1-8H,9,17H2,(H,18,19). The van der Waals surface area contributed by atoms with Crippen LogP contribution in [0.2, 0.25) is 0 Å². The molecule has 6 heteroatoms. The molecule has 0 radical (unpaired) electrons. The lowest BCUT2D eigenvalue weighted by atomic mass is 10.2. The second-order valence-electron chi connectivity index (χ2n) is 4.22. The summed E-state index contributed by atoms with van der Waals surface area (Å²) in [6.45, 7) is -0.362. The van der Waals surface area contributed by atoms with Crippen molar-refractivity contribution in [1.29, 1.82) is 0 Å². The second kappa shape index (κ2) is 7.07. The molecule has 5 nitrogen and oxygen atoms in total. The van der Waals surface area contributed by atoms with Crippen LogP contribution in [0.4, 0.5) is 11.4 Å². The number of ether oxygens (including phenoxy) is 1. The van der Waals surface area contributed by atoms with E-state index in [4.69, 9.17) is 10.5 Å². The minimum Gasteiger partial charge on any atom is -0.452 e. The van der Waals surface area contributed by atoms with Gasteiger partial charge < -0.3 is 15.8 Å². The first-order valence-electron chi connectivity index (χ1n) is 6.13. The number of carbonyl (C=O) groups excluding carboxylic acids is 2. The van der Waals surface area contributed by atoms with Crippen LogP contribution in [0.5, 0.6) is 0 Å². The van der Waals surface area contributed by atoms with Crippen molar-refractivity contribution in [2.75, 3.05) is 17.7 Å². The van der Waals surface area contributed by atoms with E-state index in [1.807, 2.05) is 6.07 Å². The van der Waals surface area contributed by atoms with Crippen LogP contribution < -0.4 is 11.1 Å². The molecular weight excluding hydrogens is 383 g/mol. The molecule has 2 aromatic rings. The quantitative estimate of drug-likeness (QED) is 0.473. The Morgan fingerprint density at radius 2 is 1.86 bits per heavy atom. The van der Waals surface area contributed by atoms with E-state index in [0.717, 1.165) is 3.57 Å². The molecule has 0 fully saturated rings. The maximum Gasteiger partial charge on any atom is 0.340 e. The van der Waals surface area contributed by atoms with Gasteiger partial charge in [0.25, 0.3) is 5.91 Å². The van der Waals surface area contributed by atoms with Gasteiger partial charge in [0.2, 0.25) is 0 Å². The predicted octanol–water partition coefficient (Wildman–Crippen LogP) is 2.67. The molecule has 2 rings (SSSR count). The average molecular weight is 396 g/mol. The van der Waals surface area contributed by atoms with Gasteiger partial charge in [-0.2, -0.15) is 0 Å². The van der Waals surface area contributed by atoms with Crippen LogP contribution in [0.3, 0.4) is 0 Å². The lowest BCUT2D eigenvalue weighted by molar-refractivity contribution is -0.119. The Hall–Kier alpha value is -2.09. The molecule has 0 aromatic heterocycles. The molecule has 3 N–H and O–H groups in total. The minimum absolute atomic E-state index is 0.259. The van der Waals surface area contributed by atoms with Crippen molar-refractivity contribution in [3.05, 3.63) is 57.7 Å². The number of benzene rings is 2. The maximum atomic E-state index is 11.9. The number of carbonyl (C=O) groups is 2. The van der Waals surface area contributed by atoms with Crippen LogP contribution in [-0.2, 0) is 9.53 Å². The summed E-state index contributed by atoms with van der Waals surface area (Å²) >= 11 is 2.07. The zero-order valence-corrected chi connectivity index (χ0v) is 13.2. The summed E-state index contributed by atoms with van der Waals surface area (Å²) < 4.78 is 5.83. The van der Waals surface area contributed by atoms with Crippen LogP contribution in [0.1, 0.15) is 10.4 Å². The SMILES string of the molecule is Nc1ccc(I)cc1C(=O)OCC(=O)Nc1ccccc1. The first kappa shape index (κ1) is 15.3. The molecule has 0 saturated carbocycles. The highest BCUT2D eigenvalue weighted by molar-refractivity contribution is 14.1. The molecule has 108 valence electrons. The van der Waals surface area contributed by atoms with Gasteiger partial charge in [-0.1, -0.05) is 18.2 Å². The van der Waals surface area contributed by atoms with E-state index in [0.29, 0.717) is 11.4 Å². The summed E-state index contributed by atoms with van der Waals surface area (Å²) in [5, 5.41) is 2.63. The highest BCUT2D eigenvalue weighted by atomic mass is 127.